The molecule has 0 bridgehead atoms. The smallest absolute Gasteiger partial charge is 0.247 e. The van der Waals surface area contributed by atoms with E-state index in [-0.39, 0.29) is 11.8 Å². The minimum absolute atomic E-state index is 0.0104. The van der Waals surface area contributed by atoms with Gasteiger partial charge in [-0.1, -0.05) is 23.7 Å². The molecule has 1 saturated heterocycles. The average Bonchev–Trinajstić information content (AvgIpc) is 3.18. The van der Waals surface area contributed by atoms with Gasteiger partial charge >= 0.3 is 0 Å². The van der Waals surface area contributed by atoms with Crippen LogP contribution in [0.15, 0.2) is 41.8 Å². The summed E-state index contributed by atoms with van der Waals surface area (Å²) in [6.07, 6.45) is 1.91. The molecular formula is C17H17ClN2O2S. The standard InChI is InChI=1S/C17H17ClN2O2S/c18-12-4-1-5-13(10-12)19-17(22)15-7-2-8-20(15)16(21)11-14-6-3-9-23-14/h1,3-6,9-10,15H,2,7-8,11H2,(H,19,22). The van der Waals surface area contributed by atoms with Gasteiger partial charge in [-0.05, 0) is 42.5 Å². The molecule has 2 amide bonds. The van der Waals surface area contributed by atoms with E-state index >= 15 is 0 Å². The number of hydrogen-bond donors (Lipinski definition) is 1. The van der Waals surface area contributed by atoms with E-state index < -0.39 is 6.04 Å². The van der Waals surface area contributed by atoms with Crippen LogP contribution in [-0.2, 0) is 16.0 Å². The van der Waals surface area contributed by atoms with E-state index in [1.165, 1.54) is 0 Å². The molecule has 1 aromatic carbocycles. The third-order valence-electron chi connectivity index (χ3n) is 3.87. The summed E-state index contributed by atoms with van der Waals surface area (Å²) < 4.78 is 0. The summed E-state index contributed by atoms with van der Waals surface area (Å²) in [6.45, 7) is 0.637. The van der Waals surface area contributed by atoms with Crippen LogP contribution in [0, 0.1) is 0 Å². The fraction of sp³-hybridized carbons (Fsp3) is 0.294. The molecule has 1 unspecified atom stereocenters. The minimum atomic E-state index is -0.401. The number of amides is 2. The van der Waals surface area contributed by atoms with E-state index in [0.717, 1.165) is 11.3 Å². The van der Waals surface area contributed by atoms with Crippen LogP contribution in [0.2, 0.25) is 5.02 Å². The number of hydrogen-bond acceptors (Lipinski definition) is 3. The third kappa shape index (κ3) is 3.92. The molecule has 1 aliphatic rings. The van der Waals surface area contributed by atoms with Crippen LogP contribution in [-0.4, -0.2) is 29.3 Å². The van der Waals surface area contributed by atoms with Crippen LogP contribution in [0.3, 0.4) is 0 Å². The van der Waals surface area contributed by atoms with Crippen molar-refractivity contribution in [3.05, 3.63) is 51.7 Å². The molecule has 120 valence electrons. The first-order valence-corrected chi connectivity index (χ1v) is 8.77. The zero-order valence-corrected chi connectivity index (χ0v) is 14.1. The number of carbonyl (C=O) groups is 2. The first kappa shape index (κ1) is 16.0. The van der Waals surface area contributed by atoms with Crippen LogP contribution in [0.4, 0.5) is 5.69 Å². The Morgan fingerprint density at radius 3 is 2.91 bits per heavy atom. The summed E-state index contributed by atoms with van der Waals surface area (Å²) in [5, 5.41) is 5.38. The van der Waals surface area contributed by atoms with Crippen LogP contribution < -0.4 is 5.32 Å². The lowest BCUT2D eigenvalue weighted by Crippen LogP contribution is -2.43. The van der Waals surface area contributed by atoms with Crippen molar-refractivity contribution in [3.63, 3.8) is 0 Å². The van der Waals surface area contributed by atoms with Crippen molar-refractivity contribution in [2.24, 2.45) is 0 Å². The highest BCUT2D eigenvalue weighted by Gasteiger charge is 2.34. The van der Waals surface area contributed by atoms with Crippen LogP contribution in [0.5, 0.6) is 0 Å². The first-order valence-electron chi connectivity index (χ1n) is 7.52. The maximum absolute atomic E-state index is 12.5. The molecule has 2 heterocycles. The van der Waals surface area contributed by atoms with E-state index in [0.29, 0.717) is 30.1 Å². The molecular weight excluding hydrogens is 332 g/mol. The summed E-state index contributed by atoms with van der Waals surface area (Å²) in [7, 11) is 0. The Labute approximate surface area is 144 Å². The number of halogens is 1. The van der Waals surface area contributed by atoms with Gasteiger partial charge in [-0.2, -0.15) is 0 Å². The van der Waals surface area contributed by atoms with E-state index in [4.69, 9.17) is 11.6 Å². The van der Waals surface area contributed by atoms with Crippen molar-refractivity contribution in [1.82, 2.24) is 4.90 Å². The molecule has 3 rings (SSSR count). The zero-order chi connectivity index (χ0) is 16.2. The fourth-order valence-corrected chi connectivity index (χ4v) is 3.68. The predicted octanol–water partition coefficient (Wildman–Crippen LogP) is 3.57. The van der Waals surface area contributed by atoms with Gasteiger partial charge in [0.25, 0.3) is 0 Å². The van der Waals surface area contributed by atoms with Crippen LogP contribution in [0.1, 0.15) is 17.7 Å². The Morgan fingerprint density at radius 2 is 2.17 bits per heavy atom. The highest BCUT2D eigenvalue weighted by Crippen LogP contribution is 2.22. The molecule has 2 aromatic rings. The Hall–Kier alpha value is -1.85. The largest absolute Gasteiger partial charge is 0.330 e. The van der Waals surface area contributed by atoms with Gasteiger partial charge in [0.1, 0.15) is 6.04 Å². The number of nitrogens with zero attached hydrogens (tertiary/aromatic N) is 1. The normalized spacial score (nSPS) is 17.3. The SMILES string of the molecule is O=C(Nc1cccc(Cl)c1)C1CCCN1C(=O)Cc1cccs1. The molecule has 1 atom stereocenters. The fourth-order valence-electron chi connectivity index (χ4n) is 2.79. The molecule has 1 aliphatic heterocycles. The number of likely N-dealkylation sites (tertiary alicyclic amines) is 1. The first-order chi connectivity index (χ1) is 11.1. The molecule has 1 fully saturated rings. The lowest BCUT2D eigenvalue weighted by molar-refractivity contribution is -0.136. The summed E-state index contributed by atoms with van der Waals surface area (Å²) in [4.78, 5) is 27.7. The number of anilines is 1. The Bertz CT molecular complexity index is 702. The van der Waals surface area contributed by atoms with Crippen molar-refractivity contribution in [2.75, 3.05) is 11.9 Å². The summed E-state index contributed by atoms with van der Waals surface area (Å²) >= 11 is 7.49. The second-order valence-electron chi connectivity index (χ2n) is 5.50. The topological polar surface area (TPSA) is 49.4 Å². The molecule has 1 N–H and O–H groups in total. The quantitative estimate of drug-likeness (QED) is 0.918. The summed E-state index contributed by atoms with van der Waals surface area (Å²) in [5.41, 5.74) is 0.653. The lowest BCUT2D eigenvalue weighted by atomic mass is 10.2. The lowest BCUT2D eigenvalue weighted by Gasteiger charge is -2.24. The van der Waals surface area contributed by atoms with Crippen molar-refractivity contribution >= 4 is 40.4 Å². The van der Waals surface area contributed by atoms with Gasteiger partial charge < -0.3 is 10.2 Å². The average molecular weight is 349 g/mol. The number of thiophene rings is 1. The third-order valence-corrected chi connectivity index (χ3v) is 4.98. The van der Waals surface area contributed by atoms with Gasteiger partial charge in [-0.25, -0.2) is 0 Å². The van der Waals surface area contributed by atoms with Crippen molar-refractivity contribution in [2.45, 2.75) is 25.3 Å². The monoisotopic (exact) mass is 348 g/mol. The maximum Gasteiger partial charge on any atom is 0.247 e. The second kappa shape index (κ2) is 7.15. The van der Waals surface area contributed by atoms with Gasteiger partial charge in [0.05, 0.1) is 6.42 Å². The second-order valence-corrected chi connectivity index (χ2v) is 6.97. The highest BCUT2D eigenvalue weighted by molar-refractivity contribution is 7.10. The molecule has 0 radical (unpaired) electrons. The van der Waals surface area contributed by atoms with Crippen LogP contribution >= 0.6 is 22.9 Å². The molecule has 6 heteroatoms. The summed E-state index contributed by atoms with van der Waals surface area (Å²) in [5.74, 6) is -0.138. The van der Waals surface area contributed by atoms with Gasteiger partial charge in [-0.15, -0.1) is 11.3 Å². The molecule has 1 aromatic heterocycles. The molecule has 23 heavy (non-hydrogen) atoms. The number of rotatable bonds is 4. The van der Waals surface area contributed by atoms with Gasteiger partial charge in [0, 0.05) is 22.1 Å². The number of carbonyl (C=O) groups excluding carboxylic acids is 2. The van der Waals surface area contributed by atoms with Crippen molar-refractivity contribution in [3.8, 4) is 0 Å². The van der Waals surface area contributed by atoms with Gasteiger partial charge in [-0.3, -0.25) is 9.59 Å². The molecule has 0 aliphatic carbocycles. The van der Waals surface area contributed by atoms with Gasteiger partial charge in [0.15, 0.2) is 0 Å². The van der Waals surface area contributed by atoms with E-state index in [9.17, 15) is 9.59 Å². The van der Waals surface area contributed by atoms with Crippen LogP contribution in [0.25, 0.3) is 0 Å². The van der Waals surface area contributed by atoms with Crippen molar-refractivity contribution in [1.29, 1.82) is 0 Å². The molecule has 0 spiro atoms. The Morgan fingerprint density at radius 1 is 1.30 bits per heavy atom. The Kier molecular flexibility index (Phi) is 4.98. The van der Waals surface area contributed by atoms with E-state index in [1.54, 1.807) is 40.5 Å². The number of benzene rings is 1. The maximum atomic E-state index is 12.5. The molecule has 0 saturated carbocycles. The van der Waals surface area contributed by atoms with E-state index in [1.807, 2.05) is 17.5 Å². The summed E-state index contributed by atoms with van der Waals surface area (Å²) in [6, 6.07) is 10.5. The zero-order valence-electron chi connectivity index (χ0n) is 12.5. The van der Waals surface area contributed by atoms with Gasteiger partial charge in [0.2, 0.25) is 11.8 Å². The highest BCUT2D eigenvalue weighted by atomic mass is 35.5. The molecule has 4 nitrogen and oxygen atoms in total. The number of nitrogens with one attached hydrogen (secondary N) is 1. The van der Waals surface area contributed by atoms with E-state index in [2.05, 4.69) is 5.32 Å². The minimum Gasteiger partial charge on any atom is -0.330 e. The Balaban J connectivity index is 1.66. The van der Waals surface area contributed by atoms with Crippen molar-refractivity contribution < 1.29 is 9.59 Å². The predicted molar refractivity (Wildman–Crippen MR) is 92.8 cm³/mol.